The molecule has 1 aromatic carbocycles. The lowest BCUT2D eigenvalue weighted by Gasteiger charge is -2.16. The largest absolute Gasteiger partial charge is 0.494 e. The van der Waals surface area contributed by atoms with Gasteiger partial charge in [0.25, 0.3) is 5.56 Å². The Kier molecular flexibility index (Phi) is 6.57. The highest BCUT2D eigenvalue weighted by molar-refractivity contribution is 6.01. The summed E-state index contributed by atoms with van der Waals surface area (Å²) in [5, 5.41) is 19.7. The predicted molar refractivity (Wildman–Crippen MR) is 96.5 cm³/mol. The number of nitriles is 1. The lowest BCUT2D eigenvalue weighted by atomic mass is 10.0. The van der Waals surface area contributed by atoms with E-state index < -0.39 is 23.8 Å². The molecule has 27 heavy (non-hydrogen) atoms. The zero-order valence-electron chi connectivity index (χ0n) is 15.3. The van der Waals surface area contributed by atoms with Crippen LogP contribution in [0.5, 0.6) is 17.4 Å². The lowest BCUT2D eigenvalue weighted by Crippen LogP contribution is -2.29. The van der Waals surface area contributed by atoms with Crippen LogP contribution in [0.25, 0.3) is 0 Å². The number of ketones is 1. The zero-order valence-corrected chi connectivity index (χ0v) is 15.3. The molecule has 1 aromatic heterocycles. The number of benzene rings is 1. The van der Waals surface area contributed by atoms with Crippen molar-refractivity contribution in [3.05, 3.63) is 51.3 Å². The molecular formula is C19H20N2O6. The third-order valence-corrected chi connectivity index (χ3v) is 4.03. The van der Waals surface area contributed by atoms with Crippen LogP contribution in [0.3, 0.4) is 0 Å². The molecule has 8 heteroatoms. The van der Waals surface area contributed by atoms with Crippen molar-refractivity contribution < 1.29 is 24.1 Å². The van der Waals surface area contributed by atoms with Crippen LogP contribution >= 0.6 is 0 Å². The Hall–Kier alpha value is -3.31. The summed E-state index contributed by atoms with van der Waals surface area (Å²) in [7, 11) is 2.92. The third-order valence-electron chi connectivity index (χ3n) is 4.03. The van der Waals surface area contributed by atoms with Crippen LogP contribution in [-0.2, 0) is 11.3 Å². The van der Waals surface area contributed by atoms with E-state index in [9.17, 15) is 20.0 Å². The maximum absolute atomic E-state index is 12.7. The Morgan fingerprint density at radius 3 is 2.52 bits per heavy atom. The molecular weight excluding hydrogens is 352 g/mol. The van der Waals surface area contributed by atoms with Gasteiger partial charge in [0.05, 0.1) is 25.8 Å². The standard InChI is InChI=1S/C19H20N2O6/c1-12-13(10-20)18(23)21(8-9-25-2)19(24)17(12)14(22)11-27-16-7-5-4-6-15(16)26-3/h4-7,24H,8-9,11H2,1-3H3. The zero-order chi connectivity index (χ0) is 20.0. The topological polar surface area (TPSA) is 111 Å². The molecule has 0 spiro atoms. The van der Waals surface area contributed by atoms with E-state index in [0.29, 0.717) is 11.5 Å². The molecule has 1 heterocycles. The fourth-order valence-electron chi connectivity index (χ4n) is 2.63. The summed E-state index contributed by atoms with van der Waals surface area (Å²) in [5.74, 6) is -0.270. The molecule has 0 fully saturated rings. The maximum Gasteiger partial charge on any atom is 0.271 e. The number of hydrogen-bond acceptors (Lipinski definition) is 7. The van der Waals surface area contributed by atoms with Crippen molar-refractivity contribution in [3.63, 3.8) is 0 Å². The monoisotopic (exact) mass is 372 g/mol. The molecule has 0 amide bonds. The van der Waals surface area contributed by atoms with E-state index in [4.69, 9.17) is 14.2 Å². The summed E-state index contributed by atoms with van der Waals surface area (Å²) in [6.45, 7) is 1.18. The average Bonchev–Trinajstić information content (AvgIpc) is 2.66. The van der Waals surface area contributed by atoms with Crippen LogP contribution in [0.15, 0.2) is 29.1 Å². The third kappa shape index (κ3) is 4.10. The average molecular weight is 372 g/mol. The molecule has 0 unspecified atom stereocenters. The Morgan fingerprint density at radius 1 is 1.26 bits per heavy atom. The van der Waals surface area contributed by atoms with Crippen molar-refractivity contribution in [2.75, 3.05) is 27.4 Å². The van der Waals surface area contributed by atoms with Crippen molar-refractivity contribution in [3.8, 4) is 23.4 Å². The minimum absolute atomic E-state index is 0.00374. The van der Waals surface area contributed by atoms with Crippen LogP contribution in [0.4, 0.5) is 0 Å². The van der Waals surface area contributed by atoms with Crippen molar-refractivity contribution in [1.29, 1.82) is 5.26 Å². The molecule has 2 rings (SSSR count). The SMILES string of the molecule is COCCn1c(O)c(C(=O)COc2ccccc2OC)c(C)c(C#N)c1=O. The lowest BCUT2D eigenvalue weighted by molar-refractivity contribution is 0.0913. The number of aromatic hydroxyl groups is 1. The van der Waals surface area contributed by atoms with E-state index in [-0.39, 0.29) is 29.8 Å². The van der Waals surface area contributed by atoms with Gasteiger partial charge in [0, 0.05) is 7.11 Å². The number of pyridine rings is 1. The summed E-state index contributed by atoms with van der Waals surface area (Å²) in [5.41, 5.74) is -0.893. The van der Waals surface area contributed by atoms with Gasteiger partial charge in [-0.1, -0.05) is 12.1 Å². The smallest absolute Gasteiger partial charge is 0.271 e. The van der Waals surface area contributed by atoms with Gasteiger partial charge in [0.2, 0.25) is 11.7 Å². The number of para-hydroxylation sites is 2. The van der Waals surface area contributed by atoms with Gasteiger partial charge < -0.3 is 19.3 Å². The highest BCUT2D eigenvalue weighted by atomic mass is 16.5. The minimum atomic E-state index is -0.674. The molecule has 0 saturated carbocycles. The van der Waals surface area contributed by atoms with Gasteiger partial charge in [-0.05, 0) is 24.6 Å². The highest BCUT2D eigenvalue weighted by Crippen LogP contribution is 2.27. The van der Waals surface area contributed by atoms with E-state index in [1.807, 2.05) is 0 Å². The second-order valence-electron chi connectivity index (χ2n) is 5.62. The number of aromatic nitrogens is 1. The summed E-state index contributed by atoms with van der Waals surface area (Å²) < 4.78 is 16.5. The Labute approximate surface area is 156 Å². The van der Waals surface area contributed by atoms with Crippen molar-refractivity contribution in [2.24, 2.45) is 0 Å². The van der Waals surface area contributed by atoms with Crippen LogP contribution in [0.2, 0.25) is 0 Å². The number of Topliss-reactive ketones (excluding diaryl/α,β-unsaturated/α-hetero) is 1. The van der Waals surface area contributed by atoms with Crippen LogP contribution in [0, 0.1) is 18.3 Å². The van der Waals surface area contributed by atoms with Crippen LogP contribution in [0.1, 0.15) is 21.5 Å². The van der Waals surface area contributed by atoms with Gasteiger partial charge in [-0.15, -0.1) is 0 Å². The molecule has 0 bridgehead atoms. The number of methoxy groups -OCH3 is 2. The summed E-state index contributed by atoms with van der Waals surface area (Å²) in [6.07, 6.45) is 0. The number of rotatable bonds is 8. The Morgan fingerprint density at radius 2 is 1.93 bits per heavy atom. The predicted octanol–water partition coefficient (Wildman–Crippen LogP) is 1.65. The first kappa shape index (κ1) is 20.0. The molecule has 142 valence electrons. The van der Waals surface area contributed by atoms with Gasteiger partial charge in [-0.25, -0.2) is 0 Å². The van der Waals surface area contributed by atoms with Gasteiger partial charge in [-0.2, -0.15) is 5.26 Å². The molecule has 0 saturated heterocycles. The number of carbonyl (C=O) groups is 1. The molecule has 0 aliphatic carbocycles. The van der Waals surface area contributed by atoms with E-state index in [0.717, 1.165) is 4.57 Å². The first-order valence-corrected chi connectivity index (χ1v) is 8.10. The molecule has 8 nitrogen and oxygen atoms in total. The van der Waals surface area contributed by atoms with E-state index in [1.54, 1.807) is 30.3 Å². The molecule has 2 aromatic rings. The number of hydrogen-bond donors (Lipinski definition) is 1. The Balaban J connectivity index is 2.40. The molecule has 0 aliphatic heterocycles. The second-order valence-corrected chi connectivity index (χ2v) is 5.62. The quantitative estimate of drug-likeness (QED) is 0.701. The van der Waals surface area contributed by atoms with Crippen molar-refractivity contribution in [2.45, 2.75) is 13.5 Å². The summed E-state index contributed by atoms with van der Waals surface area (Å²) >= 11 is 0. The number of carbonyl (C=O) groups excluding carboxylic acids is 1. The summed E-state index contributed by atoms with van der Waals surface area (Å²) in [4.78, 5) is 25.0. The summed E-state index contributed by atoms with van der Waals surface area (Å²) in [6, 6.07) is 8.60. The van der Waals surface area contributed by atoms with E-state index in [1.165, 1.54) is 21.1 Å². The molecule has 0 aliphatic rings. The van der Waals surface area contributed by atoms with Crippen molar-refractivity contribution in [1.82, 2.24) is 4.57 Å². The van der Waals surface area contributed by atoms with Crippen LogP contribution < -0.4 is 15.0 Å². The Bertz CT molecular complexity index is 942. The minimum Gasteiger partial charge on any atom is -0.494 e. The first-order chi connectivity index (χ1) is 13.0. The highest BCUT2D eigenvalue weighted by Gasteiger charge is 2.24. The van der Waals surface area contributed by atoms with Crippen LogP contribution in [-0.4, -0.2) is 42.9 Å². The van der Waals surface area contributed by atoms with Gasteiger partial charge in [-0.3, -0.25) is 14.2 Å². The van der Waals surface area contributed by atoms with Gasteiger partial charge >= 0.3 is 0 Å². The molecule has 0 atom stereocenters. The van der Waals surface area contributed by atoms with Gasteiger partial charge in [0.15, 0.2) is 18.1 Å². The first-order valence-electron chi connectivity index (χ1n) is 8.10. The fourth-order valence-corrected chi connectivity index (χ4v) is 2.63. The van der Waals surface area contributed by atoms with E-state index >= 15 is 0 Å². The second kappa shape index (κ2) is 8.87. The number of nitrogens with zero attached hydrogens (tertiary/aromatic N) is 2. The van der Waals surface area contributed by atoms with Gasteiger partial charge in [0.1, 0.15) is 11.6 Å². The molecule has 0 radical (unpaired) electrons. The van der Waals surface area contributed by atoms with Crippen molar-refractivity contribution >= 4 is 5.78 Å². The molecule has 1 N–H and O–H groups in total. The number of ether oxygens (including phenoxy) is 3. The fraction of sp³-hybridized carbons (Fsp3) is 0.316. The normalized spacial score (nSPS) is 10.3. The maximum atomic E-state index is 12.7. The van der Waals surface area contributed by atoms with E-state index in [2.05, 4.69) is 0 Å².